The third-order valence-electron chi connectivity index (χ3n) is 4.97. The summed E-state index contributed by atoms with van der Waals surface area (Å²) in [5.74, 6) is 0.772. The number of nitrogens with zero attached hydrogens (tertiary/aromatic N) is 3. The van der Waals surface area contributed by atoms with Gasteiger partial charge in [0, 0.05) is 29.1 Å². The molecule has 30 heavy (non-hydrogen) atoms. The van der Waals surface area contributed by atoms with E-state index in [1.165, 1.54) is 6.26 Å². The van der Waals surface area contributed by atoms with Gasteiger partial charge in [-0.1, -0.05) is 43.7 Å². The maximum Gasteiger partial charge on any atom is 0.175 e. The molecule has 6 nitrogen and oxygen atoms in total. The summed E-state index contributed by atoms with van der Waals surface area (Å²) >= 11 is 0. The van der Waals surface area contributed by atoms with Crippen LogP contribution in [0.3, 0.4) is 0 Å². The molecule has 0 bridgehead atoms. The summed E-state index contributed by atoms with van der Waals surface area (Å²) in [7, 11) is -3.23. The zero-order valence-electron chi connectivity index (χ0n) is 17.0. The minimum Gasteiger partial charge on any atom is -0.340 e. The largest absolute Gasteiger partial charge is 0.340 e. The molecule has 0 saturated heterocycles. The van der Waals surface area contributed by atoms with Crippen molar-refractivity contribution in [3.8, 4) is 11.3 Å². The van der Waals surface area contributed by atoms with Crippen LogP contribution in [-0.2, 0) is 16.3 Å². The maximum atomic E-state index is 11.7. The first-order valence-corrected chi connectivity index (χ1v) is 11.8. The number of aryl methyl sites for hydroxylation is 1. The molecule has 0 saturated carbocycles. The number of hydrogen-bond acceptors (Lipinski definition) is 5. The third kappa shape index (κ3) is 4.21. The molecule has 4 rings (SSSR count). The molecule has 0 aliphatic heterocycles. The van der Waals surface area contributed by atoms with Crippen LogP contribution < -0.4 is 5.32 Å². The number of rotatable bonds is 7. The number of aromatic nitrogens is 3. The van der Waals surface area contributed by atoms with Crippen molar-refractivity contribution in [1.82, 2.24) is 14.6 Å². The Balaban J connectivity index is 1.78. The van der Waals surface area contributed by atoms with E-state index in [1.807, 2.05) is 47.1 Å². The summed E-state index contributed by atoms with van der Waals surface area (Å²) in [6.45, 7) is 2.17. The Kier molecular flexibility index (Phi) is 5.55. The molecule has 7 heteroatoms. The van der Waals surface area contributed by atoms with Crippen LogP contribution in [0.5, 0.6) is 0 Å². The molecule has 0 unspecified atom stereocenters. The summed E-state index contributed by atoms with van der Waals surface area (Å²) in [6.07, 6.45) is 6.19. The molecular formula is C23H24N4O2S. The second-order valence-corrected chi connectivity index (χ2v) is 9.34. The van der Waals surface area contributed by atoms with Crippen LogP contribution in [0.25, 0.3) is 16.9 Å². The third-order valence-corrected chi connectivity index (χ3v) is 6.10. The van der Waals surface area contributed by atoms with Crippen molar-refractivity contribution in [3.63, 3.8) is 0 Å². The SMILES string of the molecule is CCCCc1cnn2c(Nc3ccc(S(C)(=O)=O)cc3)cc(-c3ccccc3)nc12. The lowest BCUT2D eigenvalue weighted by Crippen LogP contribution is -2.03. The molecule has 0 aliphatic carbocycles. The molecule has 2 aromatic carbocycles. The Morgan fingerprint density at radius 2 is 1.77 bits per heavy atom. The fraction of sp³-hybridized carbons (Fsp3) is 0.217. The predicted octanol–water partition coefficient (Wildman–Crippen LogP) is 4.89. The van der Waals surface area contributed by atoms with Crippen LogP contribution in [0.4, 0.5) is 11.5 Å². The minimum atomic E-state index is -3.23. The molecule has 4 aromatic rings. The zero-order valence-corrected chi connectivity index (χ0v) is 17.9. The molecule has 0 aliphatic rings. The summed E-state index contributed by atoms with van der Waals surface area (Å²) in [5, 5.41) is 7.93. The van der Waals surface area contributed by atoms with E-state index in [0.717, 1.165) is 53.2 Å². The summed E-state index contributed by atoms with van der Waals surface area (Å²) in [5.41, 5.74) is 4.61. The highest BCUT2D eigenvalue weighted by molar-refractivity contribution is 7.90. The van der Waals surface area contributed by atoms with Crippen molar-refractivity contribution in [2.45, 2.75) is 31.1 Å². The van der Waals surface area contributed by atoms with Crippen molar-refractivity contribution in [2.75, 3.05) is 11.6 Å². The fourth-order valence-electron chi connectivity index (χ4n) is 3.33. The van der Waals surface area contributed by atoms with Gasteiger partial charge in [-0.3, -0.25) is 0 Å². The van der Waals surface area contributed by atoms with Gasteiger partial charge in [0.2, 0.25) is 0 Å². The van der Waals surface area contributed by atoms with E-state index in [0.29, 0.717) is 4.90 Å². The summed E-state index contributed by atoms with van der Waals surface area (Å²) in [6, 6.07) is 18.7. The molecule has 2 heterocycles. The van der Waals surface area contributed by atoms with Crippen molar-refractivity contribution in [2.24, 2.45) is 0 Å². The van der Waals surface area contributed by atoms with Gasteiger partial charge in [0.1, 0.15) is 5.82 Å². The lowest BCUT2D eigenvalue weighted by molar-refractivity contribution is 0.602. The smallest absolute Gasteiger partial charge is 0.175 e. The van der Waals surface area contributed by atoms with Crippen LogP contribution >= 0.6 is 0 Å². The second-order valence-electron chi connectivity index (χ2n) is 7.32. The predicted molar refractivity (Wildman–Crippen MR) is 120 cm³/mol. The minimum absolute atomic E-state index is 0.291. The van der Waals surface area contributed by atoms with Gasteiger partial charge >= 0.3 is 0 Å². The first kappa shape index (κ1) is 20.1. The number of benzene rings is 2. The van der Waals surface area contributed by atoms with Crippen molar-refractivity contribution < 1.29 is 8.42 Å². The summed E-state index contributed by atoms with van der Waals surface area (Å²) < 4.78 is 25.3. The molecule has 154 valence electrons. The first-order valence-electron chi connectivity index (χ1n) is 9.96. The van der Waals surface area contributed by atoms with E-state index in [2.05, 4.69) is 17.3 Å². The highest BCUT2D eigenvalue weighted by Gasteiger charge is 2.13. The Bertz CT molecular complexity index is 1260. The molecule has 0 spiro atoms. The highest BCUT2D eigenvalue weighted by Crippen LogP contribution is 2.27. The van der Waals surface area contributed by atoms with E-state index >= 15 is 0 Å². The number of anilines is 2. The van der Waals surface area contributed by atoms with Gasteiger partial charge in [-0.15, -0.1) is 0 Å². The average molecular weight is 421 g/mol. The Labute approximate surface area is 176 Å². The van der Waals surface area contributed by atoms with Crippen LogP contribution in [0.15, 0.2) is 71.8 Å². The molecule has 1 N–H and O–H groups in total. The van der Waals surface area contributed by atoms with Crippen LogP contribution in [0.2, 0.25) is 0 Å². The Morgan fingerprint density at radius 3 is 2.43 bits per heavy atom. The normalized spacial score (nSPS) is 11.7. The maximum absolute atomic E-state index is 11.7. The van der Waals surface area contributed by atoms with Gasteiger partial charge in [0.15, 0.2) is 15.5 Å². The number of fused-ring (bicyclic) bond motifs is 1. The molecule has 2 aromatic heterocycles. The number of hydrogen-bond donors (Lipinski definition) is 1. The van der Waals surface area contributed by atoms with E-state index in [4.69, 9.17) is 4.98 Å². The van der Waals surface area contributed by atoms with Crippen LogP contribution in [0.1, 0.15) is 25.3 Å². The monoisotopic (exact) mass is 420 g/mol. The van der Waals surface area contributed by atoms with E-state index in [9.17, 15) is 8.42 Å². The molecule has 0 radical (unpaired) electrons. The first-order chi connectivity index (χ1) is 14.5. The Morgan fingerprint density at radius 1 is 1.03 bits per heavy atom. The van der Waals surface area contributed by atoms with E-state index in [1.54, 1.807) is 24.3 Å². The fourth-order valence-corrected chi connectivity index (χ4v) is 3.96. The van der Waals surface area contributed by atoms with Gasteiger partial charge in [0.05, 0.1) is 16.8 Å². The summed E-state index contributed by atoms with van der Waals surface area (Å²) in [4.78, 5) is 5.18. The number of unbranched alkanes of at least 4 members (excludes halogenated alkanes) is 1. The van der Waals surface area contributed by atoms with Gasteiger partial charge in [-0.2, -0.15) is 9.61 Å². The average Bonchev–Trinajstić information content (AvgIpc) is 3.16. The lowest BCUT2D eigenvalue weighted by Gasteiger charge is -2.12. The van der Waals surface area contributed by atoms with Crippen molar-refractivity contribution in [3.05, 3.63) is 72.4 Å². The lowest BCUT2D eigenvalue weighted by atomic mass is 10.1. The van der Waals surface area contributed by atoms with Gasteiger partial charge < -0.3 is 5.32 Å². The van der Waals surface area contributed by atoms with E-state index < -0.39 is 9.84 Å². The highest BCUT2D eigenvalue weighted by atomic mass is 32.2. The molecule has 0 amide bonds. The Hall–Kier alpha value is -3.19. The van der Waals surface area contributed by atoms with Crippen molar-refractivity contribution in [1.29, 1.82) is 0 Å². The molecule has 0 fully saturated rings. The molecular weight excluding hydrogens is 396 g/mol. The number of nitrogens with one attached hydrogen (secondary N) is 1. The van der Waals surface area contributed by atoms with Gasteiger partial charge in [-0.25, -0.2) is 13.4 Å². The van der Waals surface area contributed by atoms with Gasteiger partial charge in [-0.05, 0) is 37.1 Å². The second kappa shape index (κ2) is 8.28. The zero-order chi connectivity index (χ0) is 21.1. The quantitative estimate of drug-likeness (QED) is 0.461. The standard InChI is InChI=1S/C23H24N4O2S/c1-3-4-8-18-16-24-27-22(25-19-11-13-20(14-12-19)30(2,28)29)15-21(26-23(18)27)17-9-6-5-7-10-17/h5-7,9-16,25H,3-4,8H2,1-2H3. The number of sulfone groups is 1. The molecule has 0 atom stereocenters. The van der Waals surface area contributed by atoms with Gasteiger partial charge in [0.25, 0.3) is 0 Å². The van der Waals surface area contributed by atoms with Crippen LogP contribution in [-0.4, -0.2) is 29.3 Å². The van der Waals surface area contributed by atoms with E-state index in [-0.39, 0.29) is 0 Å². The van der Waals surface area contributed by atoms with Crippen molar-refractivity contribution >= 4 is 27.0 Å². The van der Waals surface area contributed by atoms with Crippen LogP contribution in [0, 0.1) is 0 Å². The topological polar surface area (TPSA) is 76.4 Å².